The van der Waals surface area contributed by atoms with Crippen LogP contribution in [0.25, 0.3) is 0 Å². The first-order valence-electron chi connectivity index (χ1n) is 13.8. The van der Waals surface area contributed by atoms with Crippen LogP contribution in [0.15, 0.2) is 18.2 Å². The molecule has 1 aromatic rings. The summed E-state index contributed by atoms with van der Waals surface area (Å²) in [5.41, 5.74) is 0.997. The monoisotopic (exact) mass is 514 g/mol. The molecule has 0 atom stereocenters. The Balaban J connectivity index is 1.26. The minimum atomic E-state index is -0.501. The smallest absolute Gasteiger partial charge is 0.328 e. The van der Waals surface area contributed by atoms with Crippen LogP contribution in [0, 0.1) is 5.92 Å². The van der Waals surface area contributed by atoms with Crippen LogP contribution >= 0.6 is 0 Å². The van der Waals surface area contributed by atoms with Gasteiger partial charge < -0.3 is 19.3 Å². The predicted octanol–water partition coefficient (Wildman–Crippen LogP) is 3.66. The summed E-state index contributed by atoms with van der Waals surface area (Å²) in [6.45, 7) is 9.54. The van der Waals surface area contributed by atoms with E-state index in [-0.39, 0.29) is 30.9 Å². The van der Waals surface area contributed by atoms with E-state index in [1.165, 1.54) is 31.4 Å². The van der Waals surface area contributed by atoms with Gasteiger partial charge >= 0.3 is 6.03 Å². The molecule has 3 heterocycles. The summed E-state index contributed by atoms with van der Waals surface area (Å²) >= 11 is 0. The largest absolute Gasteiger partial charge is 0.495 e. The topological polar surface area (TPSA) is 91.4 Å². The van der Waals surface area contributed by atoms with Crippen LogP contribution in [0.2, 0.25) is 0 Å². The first-order valence-corrected chi connectivity index (χ1v) is 13.8. The van der Waals surface area contributed by atoms with E-state index >= 15 is 0 Å². The minimum Gasteiger partial charge on any atom is -0.495 e. The van der Waals surface area contributed by atoms with Crippen LogP contribution in [-0.4, -0.2) is 86.2 Å². The Morgan fingerprint density at radius 3 is 2.32 bits per heavy atom. The van der Waals surface area contributed by atoms with Crippen molar-refractivity contribution in [3.05, 3.63) is 23.8 Å². The van der Waals surface area contributed by atoms with E-state index in [1.807, 2.05) is 4.90 Å². The number of rotatable bonds is 9. The molecular formula is C28H42N4O5. The Morgan fingerprint density at radius 1 is 1.03 bits per heavy atom. The second kappa shape index (κ2) is 12.7. The number of hydrogen-bond donors (Lipinski definition) is 1. The Hall–Kier alpha value is -2.65. The van der Waals surface area contributed by atoms with Gasteiger partial charge in [-0.3, -0.25) is 19.8 Å². The number of carbonyl (C=O) groups is 3. The van der Waals surface area contributed by atoms with Gasteiger partial charge in [-0.15, -0.1) is 0 Å². The number of anilines is 1. The Kier molecular flexibility index (Phi) is 9.43. The molecule has 3 aliphatic rings. The molecule has 3 aliphatic heterocycles. The van der Waals surface area contributed by atoms with Crippen molar-refractivity contribution in [2.75, 3.05) is 51.3 Å². The molecule has 0 spiro atoms. The molecule has 0 unspecified atom stereocenters. The lowest BCUT2D eigenvalue weighted by Gasteiger charge is -2.37. The molecule has 3 saturated heterocycles. The molecule has 0 saturated carbocycles. The van der Waals surface area contributed by atoms with E-state index < -0.39 is 6.03 Å². The van der Waals surface area contributed by atoms with Crippen molar-refractivity contribution in [1.82, 2.24) is 15.1 Å². The third kappa shape index (κ3) is 7.23. The van der Waals surface area contributed by atoms with Crippen molar-refractivity contribution in [2.45, 2.75) is 71.0 Å². The summed E-state index contributed by atoms with van der Waals surface area (Å²) in [5.74, 6) is 0.892. The molecule has 4 rings (SSSR count). The molecule has 4 amide bonds. The van der Waals surface area contributed by atoms with Crippen molar-refractivity contribution in [2.24, 2.45) is 5.92 Å². The maximum absolute atomic E-state index is 13.3. The lowest BCUT2D eigenvalue weighted by Crippen LogP contribution is -2.49. The normalized spacial score (nSPS) is 20.4. The standard InChI is InChI=1S/C28H42N4O5/c1-20(2)5-4-13-30-14-8-22(9-15-30)37-23-10-16-31(17-11-23)27(34)21-6-7-25(36-3)24(19-21)32-18-12-26(33)29-28(32)35/h6-7,19-20,22-23H,4-5,8-18H2,1-3H3,(H,29,33,35). The molecule has 1 N–H and O–H groups in total. The minimum absolute atomic E-state index is 0.0643. The molecule has 3 fully saturated rings. The van der Waals surface area contributed by atoms with Crippen LogP contribution in [0.4, 0.5) is 10.5 Å². The number of ether oxygens (including phenoxy) is 2. The van der Waals surface area contributed by atoms with Gasteiger partial charge in [0.15, 0.2) is 0 Å². The summed E-state index contributed by atoms with van der Waals surface area (Å²) < 4.78 is 11.9. The number of urea groups is 1. The lowest BCUT2D eigenvalue weighted by atomic mass is 10.0. The van der Waals surface area contributed by atoms with Gasteiger partial charge in [-0.25, -0.2) is 4.79 Å². The number of nitrogens with one attached hydrogen (secondary N) is 1. The van der Waals surface area contributed by atoms with Gasteiger partial charge in [-0.1, -0.05) is 13.8 Å². The Labute approximate surface area is 220 Å². The van der Waals surface area contributed by atoms with Crippen molar-refractivity contribution in [1.29, 1.82) is 0 Å². The average molecular weight is 515 g/mol. The van der Waals surface area contributed by atoms with E-state index in [0.717, 1.165) is 44.7 Å². The number of carbonyl (C=O) groups excluding carboxylic acids is 3. The summed E-state index contributed by atoms with van der Waals surface area (Å²) in [5, 5.41) is 2.33. The molecule has 37 heavy (non-hydrogen) atoms. The zero-order chi connectivity index (χ0) is 26.4. The molecule has 9 heteroatoms. The van der Waals surface area contributed by atoms with Crippen LogP contribution in [0.3, 0.4) is 0 Å². The fourth-order valence-corrected chi connectivity index (χ4v) is 5.47. The maximum atomic E-state index is 13.3. The van der Waals surface area contributed by atoms with Crippen LogP contribution in [0.5, 0.6) is 5.75 Å². The second-order valence-electron chi connectivity index (χ2n) is 10.8. The number of methoxy groups -OCH3 is 1. The van der Waals surface area contributed by atoms with E-state index in [2.05, 4.69) is 24.1 Å². The molecule has 0 bridgehead atoms. The Morgan fingerprint density at radius 2 is 1.70 bits per heavy atom. The van der Waals surface area contributed by atoms with Crippen LogP contribution < -0.4 is 15.0 Å². The molecule has 204 valence electrons. The maximum Gasteiger partial charge on any atom is 0.328 e. The number of hydrogen-bond acceptors (Lipinski definition) is 6. The summed E-state index contributed by atoms with van der Waals surface area (Å²) in [7, 11) is 1.52. The van der Waals surface area contributed by atoms with Gasteiger partial charge in [0.05, 0.1) is 25.0 Å². The Bertz CT molecular complexity index is 952. The van der Waals surface area contributed by atoms with E-state index in [0.29, 0.717) is 36.2 Å². The zero-order valence-electron chi connectivity index (χ0n) is 22.5. The lowest BCUT2D eigenvalue weighted by molar-refractivity contribution is -0.120. The van der Waals surface area contributed by atoms with Gasteiger partial charge in [0, 0.05) is 44.7 Å². The molecular weight excluding hydrogens is 472 g/mol. The predicted molar refractivity (Wildman–Crippen MR) is 142 cm³/mol. The third-order valence-corrected chi connectivity index (χ3v) is 7.68. The zero-order valence-corrected chi connectivity index (χ0v) is 22.5. The first-order chi connectivity index (χ1) is 17.8. The van der Waals surface area contributed by atoms with Crippen molar-refractivity contribution < 1.29 is 23.9 Å². The van der Waals surface area contributed by atoms with Crippen molar-refractivity contribution in [3.8, 4) is 5.75 Å². The molecule has 0 aromatic heterocycles. The van der Waals surface area contributed by atoms with Gasteiger partial charge in [0.25, 0.3) is 5.91 Å². The highest BCUT2D eigenvalue weighted by Gasteiger charge is 2.30. The first kappa shape index (κ1) is 27.4. The summed E-state index contributed by atoms with van der Waals surface area (Å²) in [4.78, 5) is 43.1. The highest BCUT2D eigenvalue weighted by Crippen LogP contribution is 2.31. The molecule has 9 nitrogen and oxygen atoms in total. The molecule has 0 radical (unpaired) electrons. The quantitative estimate of drug-likeness (QED) is 0.541. The molecule has 0 aliphatic carbocycles. The van der Waals surface area contributed by atoms with Gasteiger partial charge in [0.1, 0.15) is 5.75 Å². The molecule has 1 aromatic carbocycles. The summed E-state index contributed by atoms with van der Waals surface area (Å²) in [6, 6.07) is 4.62. The number of benzene rings is 1. The highest BCUT2D eigenvalue weighted by atomic mass is 16.5. The number of likely N-dealkylation sites (tertiary alicyclic amines) is 2. The van der Waals surface area contributed by atoms with E-state index in [9.17, 15) is 14.4 Å². The van der Waals surface area contributed by atoms with Gasteiger partial charge in [-0.05, 0) is 69.2 Å². The SMILES string of the molecule is COc1ccc(C(=O)N2CCC(OC3CCN(CCCC(C)C)CC3)CC2)cc1N1CCC(=O)NC1=O. The van der Waals surface area contributed by atoms with Gasteiger partial charge in [0.2, 0.25) is 5.91 Å². The number of nitrogens with zero attached hydrogens (tertiary/aromatic N) is 3. The van der Waals surface area contributed by atoms with E-state index in [1.54, 1.807) is 18.2 Å². The fourth-order valence-electron chi connectivity index (χ4n) is 5.47. The van der Waals surface area contributed by atoms with Crippen LogP contribution in [-0.2, 0) is 9.53 Å². The fraction of sp³-hybridized carbons (Fsp3) is 0.679. The summed E-state index contributed by atoms with van der Waals surface area (Å²) in [6.07, 6.45) is 7.13. The van der Waals surface area contributed by atoms with Crippen molar-refractivity contribution >= 4 is 23.5 Å². The average Bonchev–Trinajstić information content (AvgIpc) is 2.89. The van der Waals surface area contributed by atoms with Gasteiger partial charge in [-0.2, -0.15) is 0 Å². The number of amides is 4. The van der Waals surface area contributed by atoms with Crippen molar-refractivity contribution in [3.63, 3.8) is 0 Å². The highest BCUT2D eigenvalue weighted by molar-refractivity contribution is 6.07. The van der Waals surface area contributed by atoms with E-state index in [4.69, 9.17) is 9.47 Å². The second-order valence-corrected chi connectivity index (χ2v) is 10.8. The van der Waals surface area contributed by atoms with Crippen LogP contribution in [0.1, 0.15) is 69.2 Å². The number of piperidine rings is 2. The third-order valence-electron chi connectivity index (χ3n) is 7.68. The number of imide groups is 1.